The molecule has 0 fully saturated rings. The number of aromatic nitrogens is 3. The molecule has 0 saturated heterocycles. The molecular weight excluding hydrogens is 304 g/mol. The summed E-state index contributed by atoms with van der Waals surface area (Å²) >= 11 is 0. The monoisotopic (exact) mass is 322 g/mol. The summed E-state index contributed by atoms with van der Waals surface area (Å²) in [6, 6.07) is 10.7. The van der Waals surface area contributed by atoms with Crippen LogP contribution in [0.25, 0.3) is 10.9 Å². The molecule has 2 aromatic heterocycles. The van der Waals surface area contributed by atoms with Gasteiger partial charge in [0.05, 0.1) is 29.0 Å². The number of carbonyl (C=O) groups is 1. The second-order valence-electron chi connectivity index (χ2n) is 5.69. The second kappa shape index (κ2) is 6.62. The van der Waals surface area contributed by atoms with Crippen LogP contribution in [0.5, 0.6) is 0 Å². The van der Waals surface area contributed by atoms with Gasteiger partial charge in [-0.3, -0.25) is 19.1 Å². The Balaban J connectivity index is 1.79. The number of hydrogen-bond donors (Lipinski definition) is 1. The predicted molar refractivity (Wildman–Crippen MR) is 91.5 cm³/mol. The molecule has 0 spiro atoms. The number of nitrogens with one attached hydrogen (secondary N) is 1. The van der Waals surface area contributed by atoms with E-state index in [1.54, 1.807) is 12.3 Å². The molecule has 6 heteroatoms. The summed E-state index contributed by atoms with van der Waals surface area (Å²) in [5, 5.41) is 3.36. The minimum Gasteiger partial charge on any atom is -0.346 e. The van der Waals surface area contributed by atoms with Crippen LogP contribution in [0, 0.1) is 6.92 Å². The van der Waals surface area contributed by atoms with Crippen LogP contribution >= 0.6 is 0 Å². The largest absolute Gasteiger partial charge is 0.346 e. The van der Waals surface area contributed by atoms with E-state index in [0.29, 0.717) is 10.9 Å². The molecule has 1 N–H and O–H groups in total. The van der Waals surface area contributed by atoms with Crippen LogP contribution in [0.2, 0.25) is 0 Å². The van der Waals surface area contributed by atoms with Gasteiger partial charge in [-0.05, 0) is 37.6 Å². The highest BCUT2D eigenvalue weighted by Gasteiger charge is 2.13. The van der Waals surface area contributed by atoms with Crippen LogP contribution in [0.3, 0.4) is 0 Å². The number of rotatable bonds is 4. The molecule has 0 saturated carbocycles. The van der Waals surface area contributed by atoms with E-state index in [1.165, 1.54) is 10.9 Å². The number of pyridine rings is 1. The van der Waals surface area contributed by atoms with Gasteiger partial charge in [0.15, 0.2) is 0 Å². The number of carbonyl (C=O) groups excluding carboxylic acids is 1. The molecule has 3 rings (SSSR count). The summed E-state index contributed by atoms with van der Waals surface area (Å²) in [5.41, 5.74) is 2.15. The van der Waals surface area contributed by atoms with E-state index in [0.717, 1.165) is 11.3 Å². The normalized spacial score (nSPS) is 12.1. The molecule has 24 heavy (non-hydrogen) atoms. The van der Waals surface area contributed by atoms with Crippen molar-refractivity contribution in [2.75, 3.05) is 0 Å². The van der Waals surface area contributed by atoms with Crippen LogP contribution in [-0.4, -0.2) is 20.4 Å². The van der Waals surface area contributed by atoms with Crippen LogP contribution in [0.4, 0.5) is 0 Å². The number of benzene rings is 1. The zero-order valence-electron chi connectivity index (χ0n) is 13.6. The highest BCUT2D eigenvalue weighted by molar-refractivity contribution is 5.81. The summed E-state index contributed by atoms with van der Waals surface area (Å²) in [5.74, 6) is -0.260. The van der Waals surface area contributed by atoms with E-state index in [2.05, 4.69) is 15.3 Å². The molecule has 1 atom stereocenters. The predicted octanol–water partition coefficient (Wildman–Crippen LogP) is 1.98. The quantitative estimate of drug-likeness (QED) is 0.797. The van der Waals surface area contributed by atoms with E-state index >= 15 is 0 Å². The Kier molecular flexibility index (Phi) is 4.37. The topological polar surface area (TPSA) is 76.9 Å². The molecule has 122 valence electrons. The molecule has 2 heterocycles. The second-order valence-corrected chi connectivity index (χ2v) is 5.69. The van der Waals surface area contributed by atoms with Gasteiger partial charge in [-0.1, -0.05) is 18.2 Å². The molecule has 0 unspecified atom stereocenters. The van der Waals surface area contributed by atoms with Crippen molar-refractivity contribution < 1.29 is 4.79 Å². The highest BCUT2D eigenvalue weighted by atomic mass is 16.2. The molecule has 0 aliphatic heterocycles. The Morgan fingerprint density at radius 1 is 1.21 bits per heavy atom. The van der Waals surface area contributed by atoms with E-state index in [9.17, 15) is 9.59 Å². The molecule has 1 aromatic carbocycles. The van der Waals surface area contributed by atoms with Crippen LogP contribution in [-0.2, 0) is 11.3 Å². The fourth-order valence-electron chi connectivity index (χ4n) is 2.60. The Labute approximate surface area is 139 Å². The third kappa shape index (κ3) is 3.17. The third-order valence-electron chi connectivity index (χ3n) is 3.88. The van der Waals surface area contributed by atoms with E-state index in [-0.39, 0.29) is 24.1 Å². The number of nitrogens with zero attached hydrogens (tertiary/aromatic N) is 3. The van der Waals surface area contributed by atoms with Crippen molar-refractivity contribution in [3.63, 3.8) is 0 Å². The zero-order valence-corrected chi connectivity index (χ0v) is 13.6. The van der Waals surface area contributed by atoms with E-state index in [4.69, 9.17) is 0 Å². The minimum atomic E-state index is -0.260. The first-order valence-corrected chi connectivity index (χ1v) is 7.71. The summed E-state index contributed by atoms with van der Waals surface area (Å²) in [4.78, 5) is 33.2. The molecule has 6 nitrogen and oxygen atoms in total. The van der Waals surface area contributed by atoms with Crippen molar-refractivity contribution in [1.29, 1.82) is 0 Å². The van der Waals surface area contributed by atoms with Crippen molar-refractivity contribution in [3.05, 3.63) is 70.5 Å². The van der Waals surface area contributed by atoms with Gasteiger partial charge in [-0.15, -0.1) is 0 Å². The van der Waals surface area contributed by atoms with Crippen LogP contribution < -0.4 is 10.9 Å². The number of fused-ring (bicyclic) bond motifs is 1. The lowest BCUT2D eigenvalue weighted by molar-refractivity contribution is -0.122. The summed E-state index contributed by atoms with van der Waals surface area (Å²) in [6.07, 6.45) is 3.10. The smallest absolute Gasteiger partial charge is 0.261 e. The van der Waals surface area contributed by atoms with Crippen LogP contribution in [0.15, 0.2) is 53.7 Å². The van der Waals surface area contributed by atoms with Crippen molar-refractivity contribution in [2.45, 2.75) is 26.4 Å². The average Bonchev–Trinajstić information content (AvgIpc) is 2.58. The van der Waals surface area contributed by atoms with Crippen LogP contribution in [0.1, 0.15) is 24.2 Å². The van der Waals surface area contributed by atoms with Crippen molar-refractivity contribution in [3.8, 4) is 0 Å². The standard InChI is InChI=1S/C18H18N4O2/c1-12-6-5-7-14-17(12)20-11-22(18(14)24)10-16(23)21-13(2)15-8-3-4-9-19-15/h3-9,11,13H,10H2,1-2H3,(H,21,23)/t13-/m1/s1. The summed E-state index contributed by atoms with van der Waals surface area (Å²) in [7, 11) is 0. The van der Waals surface area contributed by atoms with Gasteiger partial charge in [0.1, 0.15) is 6.54 Å². The maximum atomic E-state index is 12.5. The fraction of sp³-hybridized carbons (Fsp3) is 0.222. The SMILES string of the molecule is Cc1cccc2c(=O)n(CC(=O)N[C@H](C)c3ccccn3)cnc12. The molecule has 3 aromatic rings. The number of amides is 1. The lowest BCUT2D eigenvalue weighted by Crippen LogP contribution is -2.34. The van der Waals surface area contributed by atoms with Gasteiger partial charge >= 0.3 is 0 Å². The van der Waals surface area contributed by atoms with Crippen molar-refractivity contribution in [1.82, 2.24) is 19.9 Å². The molecule has 0 radical (unpaired) electrons. The molecule has 0 aliphatic rings. The van der Waals surface area contributed by atoms with Gasteiger partial charge in [0.25, 0.3) is 5.56 Å². The molecule has 1 amide bonds. The maximum Gasteiger partial charge on any atom is 0.261 e. The third-order valence-corrected chi connectivity index (χ3v) is 3.88. The summed E-state index contributed by atoms with van der Waals surface area (Å²) in [6.45, 7) is 3.68. The van der Waals surface area contributed by atoms with Gasteiger partial charge in [-0.2, -0.15) is 0 Å². The Morgan fingerprint density at radius 3 is 2.79 bits per heavy atom. The minimum absolute atomic E-state index is 0.0765. The first-order valence-electron chi connectivity index (χ1n) is 7.71. The maximum absolute atomic E-state index is 12.5. The highest BCUT2D eigenvalue weighted by Crippen LogP contribution is 2.11. The Hall–Kier alpha value is -3.02. The van der Waals surface area contributed by atoms with E-state index < -0.39 is 0 Å². The number of para-hydroxylation sites is 1. The zero-order chi connectivity index (χ0) is 17.1. The Morgan fingerprint density at radius 2 is 2.04 bits per heavy atom. The summed E-state index contributed by atoms with van der Waals surface area (Å²) < 4.78 is 1.32. The van der Waals surface area contributed by atoms with E-state index in [1.807, 2.05) is 44.2 Å². The van der Waals surface area contributed by atoms with Gasteiger partial charge in [0, 0.05) is 6.20 Å². The first-order chi connectivity index (χ1) is 11.6. The first kappa shape index (κ1) is 15.9. The molecule has 0 bridgehead atoms. The van der Waals surface area contributed by atoms with Gasteiger partial charge in [-0.25, -0.2) is 4.98 Å². The molecular formula is C18H18N4O2. The Bertz CT molecular complexity index is 935. The number of aryl methyl sites for hydroxylation is 1. The molecule has 0 aliphatic carbocycles. The van der Waals surface area contributed by atoms with Crippen molar-refractivity contribution in [2.24, 2.45) is 0 Å². The van der Waals surface area contributed by atoms with Gasteiger partial charge in [0.2, 0.25) is 5.91 Å². The number of hydrogen-bond acceptors (Lipinski definition) is 4. The average molecular weight is 322 g/mol. The lowest BCUT2D eigenvalue weighted by Gasteiger charge is -2.14. The fourth-order valence-corrected chi connectivity index (χ4v) is 2.60. The lowest BCUT2D eigenvalue weighted by atomic mass is 10.1. The van der Waals surface area contributed by atoms with Crippen molar-refractivity contribution >= 4 is 16.8 Å². The van der Waals surface area contributed by atoms with Gasteiger partial charge < -0.3 is 5.32 Å².